The average molecular weight is 345 g/mol. The number of hydrazine groups is 1. The van der Waals surface area contributed by atoms with Gasteiger partial charge in [0.2, 0.25) is 5.91 Å². The van der Waals surface area contributed by atoms with Gasteiger partial charge in [-0.2, -0.15) is 0 Å². The van der Waals surface area contributed by atoms with E-state index in [-0.39, 0.29) is 23.4 Å². The molecule has 1 aliphatic carbocycles. The highest BCUT2D eigenvalue weighted by atomic mass is 19.1. The molecular formula is C18H17F2N3O2. The number of aryl methyl sites for hydroxylation is 1. The maximum absolute atomic E-state index is 13.4. The molecule has 0 spiro atoms. The standard InChI is InChI=1S/C18H17F2N3O2/c1-10-2-4-11(5-3-10)13-9-14(13)17(24)22-23-18(25)21-16-7-6-12(19)8-15(16)20/h2-8,13-14H,9H2,1H3,(H,22,24)(H2,21,23,25)/t13-,14+/m1/s1. The van der Waals surface area contributed by atoms with Crippen LogP contribution < -0.4 is 16.2 Å². The van der Waals surface area contributed by atoms with Gasteiger partial charge in [0.25, 0.3) is 0 Å². The van der Waals surface area contributed by atoms with Gasteiger partial charge in [-0.1, -0.05) is 29.8 Å². The molecule has 1 fully saturated rings. The Balaban J connectivity index is 1.48. The van der Waals surface area contributed by atoms with Gasteiger partial charge >= 0.3 is 6.03 Å². The molecule has 2 aromatic rings. The van der Waals surface area contributed by atoms with Gasteiger partial charge in [-0.15, -0.1) is 0 Å². The first-order valence-electron chi connectivity index (χ1n) is 7.82. The number of rotatable bonds is 3. The molecule has 25 heavy (non-hydrogen) atoms. The van der Waals surface area contributed by atoms with Crippen LogP contribution in [0.15, 0.2) is 42.5 Å². The first kappa shape index (κ1) is 16.9. The predicted molar refractivity (Wildman–Crippen MR) is 88.7 cm³/mol. The monoisotopic (exact) mass is 345 g/mol. The molecule has 2 atom stereocenters. The van der Waals surface area contributed by atoms with Gasteiger partial charge in [0.05, 0.1) is 5.69 Å². The van der Waals surface area contributed by atoms with Crippen LogP contribution in [0.3, 0.4) is 0 Å². The molecule has 0 saturated heterocycles. The average Bonchev–Trinajstić information content (AvgIpc) is 3.37. The van der Waals surface area contributed by atoms with Crippen LogP contribution in [0, 0.1) is 24.5 Å². The highest BCUT2D eigenvalue weighted by molar-refractivity contribution is 5.92. The number of amides is 3. The number of hydrogen-bond acceptors (Lipinski definition) is 2. The lowest BCUT2D eigenvalue weighted by atomic mass is 10.1. The summed E-state index contributed by atoms with van der Waals surface area (Å²) in [7, 11) is 0. The summed E-state index contributed by atoms with van der Waals surface area (Å²) >= 11 is 0. The summed E-state index contributed by atoms with van der Waals surface area (Å²) in [5.41, 5.74) is 6.53. The predicted octanol–water partition coefficient (Wildman–Crippen LogP) is 3.23. The van der Waals surface area contributed by atoms with Crippen molar-refractivity contribution >= 4 is 17.6 Å². The third-order valence-electron chi connectivity index (χ3n) is 4.11. The van der Waals surface area contributed by atoms with Crippen molar-refractivity contribution in [3.8, 4) is 0 Å². The van der Waals surface area contributed by atoms with Gasteiger partial charge in [-0.05, 0) is 37.0 Å². The van der Waals surface area contributed by atoms with Gasteiger partial charge in [0.1, 0.15) is 11.6 Å². The summed E-state index contributed by atoms with van der Waals surface area (Å²) in [6.45, 7) is 1.99. The van der Waals surface area contributed by atoms with E-state index >= 15 is 0 Å². The molecule has 0 heterocycles. The van der Waals surface area contributed by atoms with Crippen molar-refractivity contribution in [2.75, 3.05) is 5.32 Å². The lowest BCUT2D eigenvalue weighted by Gasteiger charge is -2.09. The Kier molecular flexibility index (Phi) is 4.65. The Hall–Kier alpha value is -2.96. The largest absolute Gasteiger partial charge is 0.338 e. The maximum Gasteiger partial charge on any atom is 0.338 e. The van der Waals surface area contributed by atoms with Gasteiger partial charge in [0, 0.05) is 12.0 Å². The van der Waals surface area contributed by atoms with Gasteiger partial charge in [0.15, 0.2) is 0 Å². The van der Waals surface area contributed by atoms with Crippen LogP contribution in [0.25, 0.3) is 0 Å². The number of urea groups is 1. The fraction of sp³-hybridized carbons (Fsp3) is 0.222. The van der Waals surface area contributed by atoms with Crippen molar-refractivity contribution < 1.29 is 18.4 Å². The molecule has 0 unspecified atom stereocenters. The maximum atomic E-state index is 13.4. The molecule has 0 bridgehead atoms. The number of carbonyl (C=O) groups is 2. The van der Waals surface area contributed by atoms with Gasteiger partial charge in [-0.25, -0.2) is 19.0 Å². The highest BCUT2D eigenvalue weighted by Gasteiger charge is 2.44. The van der Waals surface area contributed by atoms with Crippen LogP contribution >= 0.6 is 0 Å². The summed E-state index contributed by atoms with van der Waals surface area (Å²) in [5, 5.41) is 2.19. The Morgan fingerprint density at radius 2 is 1.76 bits per heavy atom. The molecule has 130 valence electrons. The zero-order chi connectivity index (χ0) is 18.0. The minimum atomic E-state index is -0.900. The molecule has 1 saturated carbocycles. The van der Waals surface area contributed by atoms with Crippen molar-refractivity contribution in [3.05, 3.63) is 65.2 Å². The lowest BCUT2D eigenvalue weighted by molar-refractivity contribution is -0.123. The molecule has 0 radical (unpaired) electrons. The van der Waals surface area contributed by atoms with Crippen LogP contribution in [0.2, 0.25) is 0 Å². The molecule has 7 heteroatoms. The molecular weight excluding hydrogens is 328 g/mol. The van der Waals surface area contributed by atoms with Gasteiger partial charge < -0.3 is 5.32 Å². The molecule has 5 nitrogen and oxygen atoms in total. The molecule has 3 N–H and O–H groups in total. The van der Waals surface area contributed by atoms with Crippen molar-refractivity contribution in [3.63, 3.8) is 0 Å². The first-order valence-corrected chi connectivity index (χ1v) is 7.82. The van der Waals surface area contributed by atoms with E-state index in [4.69, 9.17) is 0 Å². The Labute approximate surface area is 143 Å². The lowest BCUT2D eigenvalue weighted by Crippen LogP contribution is -2.44. The van der Waals surface area contributed by atoms with E-state index in [0.29, 0.717) is 12.5 Å². The molecule has 3 rings (SSSR count). The van der Waals surface area contributed by atoms with E-state index in [1.54, 1.807) is 0 Å². The minimum absolute atomic E-state index is 0.139. The zero-order valence-corrected chi connectivity index (χ0v) is 13.5. The molecule has 0 aliphatic heterocycles. The van der Waals surface area contributed by atoms with E-state index in [1.807, 2.05) is 31.2 Å². The number of halogens is 2. The molecule has 2 aromatic carbocycles. The van der Waals surface area contributed by atoms with Crippen molar-refractivity contribution in [1.29, 1.82) is 0 Å². The number of benzene rings is 2. The molecule has 0 aromatic heterocycles. The number of anilines is 1. The summed E-state index contributed by atoms with van der Waals surface area (Å²) < 4.78 is 26.3. The van der Waals surface area contributed by atoms with Crippen molar-refractivity contribution in [2.45, 2.75) is 19.3 Å². The molecule has 1 aliphatic rings. The second kappa shape index (κ2) is 6.88. The number of nitrogens with one attached hydrogen (secondary N) is 3. The van der Waals surface area contributed by atoms with Gasteiger partial charge in [-0.3, -0.25) is 10.2 Å². The van der Waals surface area contributed by atoms with Crippen LogP contribution in [-0.2, 0) is 4.79 Å². The fourth-order valence-corrected chi connectivity index (χ4v) is 2.62. The SMILES string of the molecule is Cc1ccc([C@H]2C[C@@H]2C(=O)NNC(=O)Nc2ccc(F)cc2F)cc1. The Morgan fingerprint density at radius 1 is 1.04 bits per heavy atom. The van der Waals surface area contributed by atoms with Crippen LogP contribution in [0.4, 0.5) is 19.3 Å². The number of hydrogen-bond donors (Lipinski definition) is 3. The summed E-state index contributed by atoms with van der Waals surface area (Å²) in [4.78, 5) is 23.7. The Morgan fingerprint density at radius 3 is 2.44 bits per heavy atom. The zero-order valence-electron chi connectivity index (χ0n) is 13.5. The quantitative estimate of drug-likeness (QED) is 0.748. The summed E-state index contributed by atoms with van der Waals surface area (Å²) in [5.74, 6) is -2.01. The Bertz CT molecular complexity index is 808. The van der Waals surface area contributed by atoms with Crippen LogP contribution in [0.1, 0.15) is 23.5 Å². The highest BCUT2D eigenvalue weighted by Crippen LogP contribution is 2.47. The third kappa shape index (κ3) is 4.12. The minimum Gasteiger partial charge on any atom is -0.304 e. The third-order valence-corrected chi connectivity index (χ3v) is 4.11. The van der Waals surface area contributed by atoms with Crippen LogP contribution in [-0.4, -0.2) is 11.9 Å². The van der Waals surface area contributed by atoms with E-state index in [1.165, 1.54) is 0 Å². The molecule has 3 amide bonds. The number of carbonyl (C=O) groups excluding carboxylic acids is 2. The first-order chi connectivity index (χ1) is 11.9. The van der Waals surface area contributed by atoms with Crippen LogP contribution in [0.5, 0.6) is 0 Å². The second-order valence-electron chi connectivity index (χ2n) is 6.05. The topological polar surface area (TPSA) is 70.2 Å². The summed E-state index contributed by atoms with van der Waals surface area (Å²) in [6.07, 6.45) is 0.713. The summed E-state index contributed by atoms with van der Waals surface area (Å²) in [6, 6.07) is 9.93. The second-order valence-corrected chi connectivity index (χ2v) is 6.05. The van der Waals surface area contributed by atoms with E-state index in [2.05, 4.69) is 16.2 Å². The van der Waals surface area contributed by atoms with Crippen molar-refractivity contribution in [1.82, 2.24) is 10.9 Å². The van der Waals surface area contributed by atoms with E-state index in [9.17, 15) is 18.4 Å². The van der Waals surface area contributed by atoms with E-state index < -0.39 is 17.7 Å². The fourth-order valence-electron chi connectivity index (χ4n) is 2.62. The van der Waals surface area contributed by atoms with E-state index in [0.717, 1.165) is 23.3 Å². The smallest absolute Gasteiger partial charge is 0.304 e. The van der Waals surface area contributed by atoms with Crippen molar-refractivity contribution in [2.24, 2.45) is 5.92 Å². The normalized spacial score (nSPS) is 18.4.